The molecule has 0 radical (unpaired) electrons. The Labute approximate surface area is 335 Å². The third-order valence-corrected chi connectivity index (χ3v) is 11.7. The summed E-state index contributed by atoms with van der Waals surface area (Å²) in [5.41, 5.74) is 16.9. The van der Waals surface area contributed by atoms with Gasteiger partial charge in [-0.15, -0.1) is 0 Å². The van der Waals surface area contributed by atoms with E-state index in [1.807, 2.05) is 0 Å². The molecule has 0 unspecified atom stereocenters. The summed E-state index contributed by atoms with van der Waals surface area (Å²) >= 11 is 0. The molecule has 57 heavy (non-hydrogen) atoms. The van der Waals surface area contributed by atoms with Crippen LogP contribution in [0.25, 0.3) is 44.2 Å². The van der Waals surface area contributed by atoms with Crippen molar-refractivity contribution in [2.75, 3.05) is 9.80 Å². The third-order valence-electron chi connectivity index (χ3n) is 11.7. The fraction of sp³-hybridized carbons (Fsp3) is 0.0545. The zero-order valence-electron chi connectivity index (χ0n) is 32.2. The highest BCUT2D eigenvalue weighted by Gasteiger charge is 2.35. The molecule has 0 spiro atoms. The van der Waals surface area contributed by atoms with Crippen LogP contribution < -0.4 is 9.80 Å². The Bertz CT molecular complexity index is 2800. The molecule has 0 saturated carbocycles. The zero-order valence-corrected chi connectivity index (χ0v) is 32.2. The number of anilines is 6. The zero-order chi connectivity index (χ0) is 38.3. The van der Waals surface area contributed by atoms with E-state index in [-0.39, 0.29) is 5.41 Å². The fourth-order valence-electron chi connectivity index (χ4n) is 8.83. The van der Waals surface area contributed by atoms with E-state index >= 15 is 0 Å². The molecule has 0 aliphatic heterocycles. The van der Waals surface area contributed by atoms with E-state index < -0.39 is 0 Å². The van der Waals surface area contributed by atoms with Gasteiger partial charge in [0.1, 0.15) is 0 Å². The van der Waals surface area contributed by atoms with Crippen LogP contribution in [-0.4, -0.2) is 0 Å². The molecule has 1 aliphatic carbocycles. The molecule has 9 aromatic rings. The summed E-state index contributed by atoms with van der Waals surface area (Å²) in [6.07, 6.45) is 0. The standard InChI is InChI=1S/C55H42N2/c1-55(2)52-25-15-14-23-49(52)51-38-46(34-36-53(51)55)56(44-30-26-40(27-31-44)39-16-6-3-7-17-39)45-32-28-41(29-33-45)47-35-37-54(50-24-13-12-22-48(47)50)57(42-18-8-4-9-19-42)43-20-10-5-11-21-43/h3-38H,1-2H3. The van der Waals surface area contributed by atoms with Crippen LogP contribution in [0.3, 0.4) is 0 Å². The first-order chi connectivity index (χ1) is 28.0. The smallest absolute Gasteiger partial charge is 0.0540 e. The largest absolute Gasteiger partial charge is 0.310 e. The molecule has 0 saturated heterocycles. The van der Waals surface area contributed by atoms with Crippen molar-refractivity contribution in [2.24, 2.45) is 0 Å². The van der Waals surface area contributed by atoms with Crippen molar-refractivity contribution in [3.63, 3.8) is 0 Å². The molecule has 0 aromatic heterocycles. The Morgan fingerprint density at radius 2 is 0.772 bits per heavy atom. The molecule has 2 heteroatoms. The number of fused-ring (bicyclic) bond motifs is 4. The average Bonchev–Trinajstić information content (AvgIpc) is 3.51. The topological polar surface area (TPSA) is 6.48 Å². The van der Waals surface area contributed by atoms with Crippen molar-refractivity contribution >= 4 is 44.9 Å². The maximum atomic E-state index is 2.39. The number of rotatable bonds is 8. The minimum absolute atomic E-state index is 0.0498. The van der Waals surface area contributed by atoms with Crippen molar-refractivity contribution in [2.45, 2.75) is 19.3 Å². The van der Waals surface area contributed by atoms with Crippen molar-refractivity contribution < 1.29 is 0 Å². The highest BCUT2D eigenvalue weighted by atomic mass is 15.1. The monoisotopic (exact) mass is 730 g/mol. The molecule has 272 valence electrons. The van der Waals surface area contributed by atoms with Gasteiger partial charge in [-0.3, -0.25) is 0 Å². The van der Waals surface area contributed by atoms with Gasteiger partial charge in [-0.05, 0) is 117 Å². The van der Waals surface area contributed by atoms with Crippen LogP contribution in [0.5, 0.6) is 0 Å². The molecular formula is C55H42N2. The molecule has 0 N–H and O–H groups in total. The Hall–Kier alpha value is -7.16. The van der Waals surface area contributed by atoms with Crippen molar-refractivity contribution in [1.29, 1.82) is 0 Å². The average molecular weight is 731 g/mol. The molecule has 9 aromatic carbocycles. The van der Waals surface area contributed by atoms with Crippen LogP contribution in [0.1, 0.15) is 25.0 Å². The summed E-state index contributed by atoms with van der Waals surface area (Å²) in [7, 11) is 0. The van der Waals surface area contributed by atoms with Gasteiger partial charge in [-0.2, -0.15) is 0 Å². The third kappa shape index (κ3) is 6.07. The summed E-state index contributed by atoms with van der Waals surface area (Å²) in [5, 5.41) is 2.42. The Morgan fingerprint density at radius 1 is 0.298 bits per heavy atom. The second-order valence-electron chi connectivity index (χ2n) is 15.4. The Morgan fingerprint density at radius 3 is 1.42 bits per heavy atom. The van der Waals surface area contributed by atoms with Crippen molar-refractivity contribution in [3.8, 4) is 33.4 Å². The van der Waals surface area contributed by atoms with Gasteiger partial charge < -0.3 is 9.80 Å². The highest BCUT2D eigenvalue weighted by Crippen LogP contribution is 2.51. The van der Waals surface area contributed by atoms with Gasteiger partial charge in [-0.1, -0.05) is 166 Å². The molecule has 0 bridgehead atoms. The molecule has 0 atom stereocenters. The van der Waals surface area contributed by atoms with Gasteiger partial charge in [0.25, 0.3) is 0 Å². The van der Waals surface area contributed by atoms with Crippen LogP contribution in [-0.2, 0) is 5.41 Å². The van der Waals surface area contributed by atoms with Crippen molar-refractivity contribution in [1.82, 2.24) is 0 Å². The first-order valence-electron chi connectivity index (χ1n) is 19.8. The highest BCUT2D eigenvalue weighted by molar-refractivity contribution is 6.06. The quantitative estimate of drug-likeness (QED) is 0.154. The predicted molar refractivity (Wildman–Crippen MR) is 242 cm³/mol. The summed E-state index contributed by atoms with van der Waals surface area (Å²) in [6.45, 7) is 4.68. The van der Waals surface area contributed by atoms with Gasteiger partial charge in [0.2, 0.25) is 0 Å². The molecule has 0 amide bonds. The summed E-state index contributed by atoms with van der Waals surface area (Å²) in [4.78, 5) is 4.75. The Kier molecular flexibility index (Phi) is 8.53. The first-order valence-corrected chi connectivity index (χ1v) is 19.8. The van der Waals surface area contributed by atoms with Gasteiger partial charge >= 0.3 is 0 Å². The molecule has 0 heterocycles. The maximum absolute atomic E-state index is 2.39. The van der Waals surface area contributed by atoms with Gasteiger partial charge in [-0.25, -0.2) is 0 Å². The van der Waals surface area contributed by atoms with Crippen LogP contribution >= 0.6 is 0 Å². The Balaban J connectivity index is 1.07. The van der Waals surface area contributed by atoms with Gasteiger partial charge in [0.05, 0.1) is 5.69 Å². The van der Waals surface area contributed by atoms with E-state index in [2.05, 4.69) is 242 Å². The number of nitrogens with zero attached hydrogens (tertiary/aromatic N) is 2. The fourth-order valence-corrected chi connectivity index (χ4v) is 8.83. The second kappa shape index (κ2) is 14.2. The van der Waals surface area contributed by atoms with Crippen molar-refractivity contribution in [3.05, 3.63) is 230 Å². The number of hydrogen-bond donors (Lipinski definition) is 0. The minimum Gasteiger partial charge on any atom is -0.310 e. The van der Waals surface area contributed by atoms with E-state index in [1.54, 1.807) is 0 Å². The lowest BCUT2D eigenvalue weighted by Crippen LogP contribution is -2.15. The summed E-state index contributed by atoms with van der Waals surface area (Å²) in [5.74, 6) is 0. The molecular weight excluding hydrogens is 689 g/mol. The lowest BCUT2D eigenvalue weighted by molar-refractivity contribution is 0.660. The number of hydrogen-bond acceptors (Lipinski definition) is 2. The van der Waals surface area contributed by atoms with Crippen LogP contribution in [0.2, 0.25) is 0 Å². The van der Waals surface area contributed by atoms with E-state index in [0.29, 0.717) is 0 Å². The van der Waals surface area contributed by atoms with E-state index in [9.17, 15) is 0 Å². The molecule has 1 aliphatic rings. The molecule has 0 fully saturated rings. The number of benzene rings is 9. The minimum atomic E-state index is -0.0498. The summed E-state index contributed by atoms with van der Waals surface area (Å²) in [6, 6.07) is 79.2. The number of para-hydroxylation sites is 2. The van der Waals surface area contributed by atoms with Crippen LogP contribution in [0.4, 0.5) is 34.1 Å². The SMILES string of the molecule is CC1(C)c2ccccc2-c2cc(N(c3ccc(-c4ccccc4)cc3)c3ccc(-c4ccc(N(c5ccccc5)c5ccccc5)c5ccccc45)cc3)ccc21. The van der Waals surface area contributed by atoms with E-state index in [4.69, 9.17) is 0 Å². The van der Waals surface area contributed by atoms with Gasteiger partial charge in [0, 0.05) is 39.2 Å². The normalized spacial score (nSPS) is 12.5. The van der Waals surface area contributed by atoms with E-state index in [1.165, 1.54) is 55.3 Å². The van der Waals surface area contributed by atoms with Crippen LogP contribution in [0, 0.1) is 0 Å². The lowest BCUT2D eigenvalue weighted by Gasteiger charge is -2.28. The maximum Gasteiger partial charge on any atom is 0.0540 e. The lowest BCUT2D eigenvalue weighted by atomic mass is 9.82. The first kappa shape index (κ1) is 34.3. The summed E-state index contributed by atoms with van der Waals surface area (Å²) < 4.78 is 0. The van der Waals surface area contributed by atoms with Gasteiger partial charge in [0.15, 0.2) is 0 Å². The predicted octanol–water partition coefficient (Wildman–Crippen LogP) is 15.4. The second-order valence-corrected chi connectivity index (χ2v) is 15.4. The molecule has 10 rings (SSSR count). The van der Waals surface area contributed by atoms with E-state index in [0.717, 1.165) is 34.1 Å². The van der Waals surface area contributed by atoms with Crippen LogP contribution in [0.15, 0.2) is 218 Å². The molecule has 2 nitrogen and oxygen atoms in total.